The lowest BCUT2D eigenvalue weighted by molar-refractivity contribution is -0.168. The predicted octanol–water partition coefficient (Wildman–Crippen LogP) is 5.09. The van der Waals surface area contributed by atoms with Gasteiger partial charge in [0.15, 0.2) is 15.7 Å². The summed E-state index contributed by atoms with van der Waals surface area (Å²) in [5.74, 6) is -1.47. The van der Waals surface area contributed by atoms with Gasteiger partial charge in [0.25, 0.3) is 21.9 Å². The van der Waals surface area contributed by atoms with Crippen LogP contribution in [0.25, 0.3) is 4.96 Å². The lowest BCUT2D eigenvalue weighted by Crippen LogP contribution is -2.48. The van der Waals surface area contributed by atoms with Crippen LogP contribution in [0.15, 0.2) is 90.6 Å². The first kappa shape index (κ1) is 102. The van der Waals surface area contributed by atoms with Gasteiger partial charge in [-0.15, -0.1) is 16.4 Å². The number of aromatic hydroxyl groups is 2. The minimum absolute atomic E-state index is 0.0101. The number of anilines is 2. The smallest absolute Gasteiger partial charge is 0.409 e. The van der Waals surface area contributed by atoms with Crippen LogP contribution in [0.4, 0.5) is 16.2 Å². The zero-order valence-electron chi connectivity index (χ0n) is 74.6. The van der Waals surface area contributed by atoms with E-state index in [1.807, 2.05) is 10.1 Å². The number of esters is 1. The van der Waals surface area contributed by atoms with Gasteiger partial charge in [-0.25, -0.2) is 24.3 Å². The Morgan fingerprint density at radius 2 is 1.22 bits per heavy atom. The van der Waals surface area contributed by atoms with Crippen molar-refractivity contribution in [2.75, 3.05) is 236 Å². The Kier molecular flexibility index (Phi) is 39.2. The van der Waals surface area contributed by atoms with E-state index >= 15 is 0 Å². The number of benzene rings is 4. The maximum atomic E-state index is 13.6. The van der Waals surface area contributed by atoms with Gasteiger partial charge in [-0.05, 0) is 123 Å². The summed E-state index contributed by atoms with van der Waals surface area (Å²) in [5, 5.41) is 49.8. The summed E-state index contributed by atoms with van der Waals surface area (Å²) in [6.07, 6.45) is 5.32. The highest BCUT2D eigenvalue weighted by atomic mass is 32.2. The van der Waals surface area contributed by atoms with Crippen molar-refractivity contribution in [2.45, 2.75) is 69.6 Å². The predicted molar refractivity (Wildman–Crippen MR) is 481 cm³/mol. The molecule has 2 fully saturated rings. The Labute approximate surface area is 778 Å². The van der Waals surface area contributed by atoms with Gasteiger partial charge in [0.1, 0.15) is 40.5 Å². The van der Waals surface area contributed by atoms with Crippen LogP contribution in [0.2, 0.25) is 0 Å². The molecule has 1 spiro atoms. The van der Waals surface area contributed by atoms with Crippen molar-refractivity contribution >= 4 is 96.7 Å². The fourth-order valence-corrected chi connectivity index (χ4v) is 17.5. The number of nitrogens with one attached hydrogen (secondary N) is 6. The standard InChI is InChI=1S/C88H117N13O29S3/c1-98(115-3)78(105)18-15-70(94-77(104)6-4-19-89-80(106)64-53-59(8-17-74(64)114-2)92-82(108)72-57-100-25-50-132-85(100)95-72)81(107)90-20-26-116-30-34-120-39-42-124-44-46-126-48-49-127-47-45-125-43-41-122-36-32-118-28-23-99(22-5-51-133(111,112)113)86(110)128-58-87-68-14-16-73-71(56-69(87)79(68)87)96-97-101(73)24-29-119-33-37-123-40-38-121-35-31-117-27-21-91-84(131)93-60-7-11-65-63(52-60)83(109)130-88(65)66-12-9-61(102)54-75(66)129-76-55-62(103)10-13-67(76)88/h7-13,17,25,50,52-55,57,68-70,79,102-103H,4-6,14-16,18-24,26-49,51,56,58H2,1-3H3,(H,89,106)(H,90,107)(H,92,108)(H,94,104)(H2,91,93,131)(H,111,112,113)/t68-,69?,70+,79-,87+/m1/s1. The molecule has 13 rings (SSSR count). The van der Waals surface area contributed by atoms with E-state index in [4.69, 9.17) is 92.8 Å². The second kappa shape index (κ2) is 51.3. The van der Waals surface area contributed by atoms with Gasteiger partial charge in [0.2, 0.25) is 17.7 Å². The van der Waals surface area contributed by atoms with E-state index in [-0.39, 0.29) is 138 Å². The van der Waals surface area contributed by atoms with E-state index in [1.54, 1.807) is 59.3 Å². The van der Waals surface area contributed by atoms with Crippen LogP contribution in [0.1, 0.15) is 97.8 Å². The number of thiocarbonyl (C=S) groups is 1. The van der Waals surface area contributed by atoms with Crippen LogP contribution in [0.5, 0.6) is 28.7 Å². The molecule has 4 aliphatic carbocycles. The number of ether oxygens (including phenoxy) is 16. The van der Waals surface area contributed by atoms with Crippen molar-refractivity contribution in [3.63, 3.8) is 0 Å². The molecule has 2 aliphatic heterocycles. The molecule has 6 aliphatic rings. The molecule has 133 heavy (non-hydrogen) atoms. The fourth-order valence-electron chi connectivity index (χ4n) is 16.0. The molecule has 2 bridgehead atoms. The Morgan fingerprint density at radius 1 is 0.647 bits per heavy atom. The molecule has 0 radical (unpaired) electrons. The minimum atomic E-state index is -4.24. The monoisotopic (exact) mass is 1920 g/mol. The molecule has 9 N–H and O–H groups in total. The summed E-state index contributed by atoms with van der Waals surface area (Å²) in [4.78, 5) is 103. The van der Waals surface area contributed by atoms with E-state index in [0.717, 1.165) is 35.7 Å². The SMILES string of the molecule is COc1ccc(NC(=O)c2cn3ccsc3n2)cc1C(=O)NCCCC(=O)N[C@@H](CCC(=O)N(C)OC)C(=O)NCCOCCOCCOCCOCCOCCOCCOCCOCCN(CCCS(=O)(=O)O)C(=O)OC[C@@]12C3Cc4nnn(CCOCCOCCOCCOCCNC(=S)Nc5ccc6c(c5)C(=O)OC65c6ccc(O)cc6Oc6cc(O)ccc65)c4CC[C@@H]1[C@H]32. The number of hydrogen-bond acceptors (Lipinski definition) is 33. The molecule has 1 unspecified atom stereocenters. The largest absolute Gasteiger partial charge is 0.508 e. The summed E-state index contributed by atoms with van der Waals surface area (Å²) in [6.45, 7) is 9.48. The third kappa shape index (κ3) is 29.3. The van der Waals surface area contributed by atoms with Gasteiger partial charge in [-0.3, -0.25) is 37.8 Å². The maximum absolute atomic E-state index is 13.6. The Hall–Kier alpha value is -10.4. The van der Waals surface area contributed by atoms with Crippen molar-refractivity contribution < 1.29 is 137 Å². The number of thiazole rings is 1. The molecule has 42 nitrogen and oxygen atoms in total. The number of nitrogens with zero attached hydrogens (tertiary/aromatic N) is 7. The number of carbonyl (C=O) groups is 7. The van der Waals surface area contributed by atoms with Crippen molar-refractivity contribution in [1.82, 2.24) is 55.6 Å². The van der Waals surface area contributed by atoms with Gasteiger partial charge in [-0.1, -0.05) is 11.3 Å². The summed E-state index contributed by atoms with van der Waals surface area (Å²) in [5.41, 5.74) is 3.78. The molecule has 7 aromatic rings. The van der Waals surface area contributed by atoms with Gasteiger partial charge in [-0.2, -0.15) is 8.42 Å². The number of phenols is 2. The molecule has 6 amide bonds. The molecule has 5 atom stereocenters. The average Bonchev–Trinajstić information content (AvgIpc) is 1.45. The lowest BCUT2D eigenvalue weighted by atomic mass is 9.77. The van der Waals surface area contributed by atoms with E-state index in [9.17, 15) is 56.7 Å². The van der Waals surface area contributed by atoms with E-state index in [2.05, 4.69) is 47.2 Å². The minimum Gasteiger partial charge on any atom is -0.508 e. The van der Waals surface area contributed by atoms with Crippen molar-refractivity contribution in [1.29, 1.82) is 0 Å². The number of amides is 6. The topological polar surface area (TPSA) is 498 Å². The van der Waals surface area contributed by atoms with Crippen molar-refractivity contribution in [3.8, 4) is 28.7 Å². The first-order chi connectivity index (χ1) is 64.6. The second-order valence-corrected chi connectivity index (χ2v) is 34.3. The van der Waals surface area contributed by atoms with Gasteiger partial charge >= 0.3 is 12.1 Å². The van der Waals surface area contributed by atoms with Crippen LogP contribution in [0.3, 0.4) is 0 Å². The summed E-state index contributed by atoms with van der Waals surface area (Å²) < 4.78 is 128. The Morgan fingerprint density at radius 3 is 1.81 bits per heavy atom. The molecule has 726 valence electrons. The number of fused-ring (bicyclic) bond motifs is 8. The highest BCUT2D eigenvalue weighted by Gasteiger charge is 2.86. The van der Waals surface area contributed by atoms with Gasteiger partial charge in [0.05, 0.1) is 214 Å². The van der Waals surface area contributed by atoms with Crippen molar-refractivity contribution in [3.05, 3.63) is 135 Å². The molecular formula is C88H117N13O29S3. The number of carbonyl (C=O) groups excluding carboxylic acids is 7. The van der Waals surface area contributed by atoms with Gasteiger partial charge < -0.3 is 123 Å². The van der Waals surface area contributed by atoms with E-state index in [0.29, 0.717) is 205 Å². The number of hydroxylamine groups is 2. The van der Waals surface area contributed by atoms with Crippen molar-refractivity contribution in [2.24, 2.45) is 23.2 Å². The lowest BCUT2D eigenvalue weighted by Gasteiger charge is -2.36. The fraction of sp³-hybridized carbons (Fsp3) is 0.557. The number of imidazole rings is 1. The summed E-state index contributed by atoms with van der Waals surface area (Å²) in [7, 11) is -0.0605. The van der Waals surface area contributed by atoms with Crippen LogP contribution in [-0.2, 0) is 121 Å². The van der Waals surface area contributed by atoms with Crippen LogP contribution in [-0.4, -0.2) is 335 Å². The maximum Gasteiger partial charge on any atom is 0.409 e. The highest BCUT2D eigenvalue weighted by Crippen LogP contribution is 2.86. The highest BCUT2D eigenvalue weighted by molar-refractivity contribution is 7.85. The first-order valence-electron chi connectivity index (χ1n) is 44.1. The number of hydrogen-bond donors (Lipinski definition) is 9. The molecule has 3 aromatic heterocycles. The number of methoxy groups -OCH3 is 1. The number of rotatable bonds is 63. The molecule has 5 heterocycles. The molecule has 4 aromatic carbocycles. The van der Waals surface area contributed by atoms with E-state index < -0.39 is 69.1 Å². The second-order valence-electron chi connectivity index (χ2n) is 31.5. The normalized spacial score (nSPS) is 16.5. The number of aromatic nitrogens is 5. The summed E-state index contributed by atoms with van der Waals surface area (Å²) in [6, 6.07) is 18.0. The third-order valence-electron chi connectivity index (χ3n) is 22.8. The van der Waals surface area contributed by atoms with Gasteiger partial charge in [0, 0.05) is 116 Å². The van der Waals surface area contributed by atoms with Crippen LogP contribution >= 0.6 is 23.6 Å². The first-order valence-corrected chi connectivity index (χ1v) is 47.0. The number of phenolic OH excluding ortho intramolecular Hbond substituents is 2. The molecular weight excluding hydrogens is 1800 g/mol. The quantitative estimate of drug-likeness (QED) is 0.00787. The van der Waals surface area contributed by atoms with Crippen LogP contribution in [0, 0.1) is 23.2 Å². The molecule has 0 saturated heterocycles. The summed E-state index contributed by atoms with van der Waals surface area (Å²) >= 11 is 6.91. The zero-order chi connectivity index (χ0) is 94.0. The third-order valence-corrected chi connectivity index (χ3v) is 24.6. The van der Waals surface area contributed by atoms with E-state index in [1.165, 1.54) is 67.8 Å². The molecule has 45 heteroatoms. The average molecular weight is 1920 g/mol. The Balaban J connectivity index is 0.417. The van der Waals surface area contributed by atoms with Crippen LogP contribution < -0.4 is 41.4 Å². The molecule has 2 saturated carbocycles. The Bertz CT molecular complexity index is 5060. The zero-order valence-corrected chi connectivity index (χ0v) is 77.0.